The molecule has 100 valence electrons. The van der Waals surface area contributed by atoms with Gasteiger partial charge in [0.25, 0.3) is 0 Å². The van der Waals surface area contributed by atoms with Gasteiger partial charge in [-0.05, 0) is 37.9 Å². The fraction of sp³-hybridized carbons (Fsp3) is 0.250. The molecule has 0 aliphatic rings. The van der Waals surface area contributed by atoms with Gasteiger partial charge >= 0.3 is 5.97 Å². The summed E-state index contributed by atoms with van der Waals surface area (Å²) in [7, 11) is 1.39. The van der Waals surface area contributed by atoms with Gasteiger partial charge in [0.2, 0.25) is 0 Å². The van der Waals surface area contributed by atoms with Crippen molar-refractivity contribution in [2.45, 2.75) is 12.8 Å². The number of pyridine rings is 1. The Bertz CT molecular complexity index is 601. The summed E-state index contributed by atoms with van der Waals surface area (Å²) < 4.78 is 6.40. The van der Waals surface area contributed by atoms with Crippen LogP contribution in [-0.2, 0) is 16.0 Å². The molecule has 4 nitrogen and oxygen atoms in total. The van der Waals surface area contributed by atoms with Crippen LogP contribution in [0.3, 0.4) is 0 Å². The first-order valence-electron chi connectivity index (χ1n) is 5.43. The average molecular weight is 406 g/mol. The van der Waals surface area contributed by atoms with Gasteiger partial charge in [0.15, 0.2) is 0 Å². The number of carbonyl (C=O) groups excluding carboxylic acids is 1. The van der Waals surface area contributed by atoms with Crippen LogP contribution < -0.4 is 0 Å². The number of ether oxygens (including phenoxy) is 1. The van der Waals surface area contributed by atoms with Crippen molar-refractivity contribution in [2.24, 2.45) is 0 Å². The molecule has 0 spiro atoms. The third kappa shape index (κ3) is 3.84. The second kappa shape index (κ2) is 6.58. The molecule has 0 saturated heterocycles. The van der Waals surface area contributed by atoms with E-state index in [4.69, 9.17) is 0 Å². The van der Waals surface area contributed by atoms with Gasteiger partial charge in [-0.3, -0.25) is 9.78 Å². The SMILES string of the molecule is COC(=O)CCc1csc(-c2ncc(Br)cc2Br)n1. The highest BCUT2D eigenvalue weighted by Gasteiger charge is 2.11. The Morgan fingerprint density at radius 3 is 2.95 bits per heavy atom. The fourth-order valence-corrected chi connectivity index (χ4v) is 3.60. The maximum atomic E-state index is 11.1. The number of carbonyl (C=O) groups is 1. The van der Waals surface area contributed by atoms with Crippen molar-refractivity contribution in [3.05, 3.63) is 32.3 Å². The molecule has 0 saturated carbocycles. The van der Waals surface area contributed by atoms with Crippen molar-refractivity contribution < 1.29 is 9.53 Å². The van der Waals surface area contributed by atoms with Gasteiger partial charge in [-0.1, -0.05) is 0 Å². The Morgan fingerprint density at radius 1 is 1.47 bits per heavy atom. The van der Waals surface area contributed by atoms with E-state index in [0.717, 1.165) is 25.3 Å². The third-order valence-electron chi connectivity index (χ3n) is 2.38. The van der Waals surface area contributed by atoms with Crippen LogP contribution >= 0.6 is 43.2 Å². The standard InChI is InChI=1S/C12H10Br2N2O2S/c1-18-10(17)3-2-8-6-19-12(16-8)11-9(14)4-7(13)5-15-11/h4-6H,2-3H2,1H3. The second-order valence-electron chi connectivity index (χ2n) is 3.70. The summed E-state index contributed by atoms with van der Waals surface area (Å²) in [6, 6.07) is 1.93. The van der Waals surface area contributed by atoms with E-state index in [-0.39, 0.29) is 5.97 Å². The maximum absolute atomic E-state index is 11.1. The van der Waals surface area contributed by atoms with Crippen molar-refractivity contribution in [1.82, 2.24) is 9.97 Å². The number of esters is 1. The van der Waals surface area contributed by atoms with Crippen LogP contribution in [0.4, 0.5) is 0 Å². The molecule has 0 N–H and O–H groups in total. The predicted octanol–water partition coefficient (Wildman–Crippen LogP) is 3.84. The average Bonchev–Trinajstić information content (AvgIpc) is 2.84. The van der Waals surface area contributed by atoms with Gasteiger partial charge in [0.05, 0.1) is 19.2 Å². The molecule has 0 fully saturated rings. The molecule has 0 aliphatic heterocycles. The van der Waals surface area contributed by atoms with E-state index in [1.807, 2.05) is 11.4 Å². The van der Waals surface area contributed by atoms with Crippen molar-refractivity contribution in [3.8, 4) is 10.7 Å². The van der Waals surface area contributed by atoms with E-state index in [2.05, 4.69) is 46.6 Å². The molecule has 0 aromatic carbocycles. The first kappa shape index (κ1) is 14.6. The number of hydrogen-bond donors (Lipinski definition) is 0. The van der Waals surface area contributed by atoms with Crippen LogP contribution in [0.1, 0.15) is 12.1 Å². The number of nitrogens with zero attached hydrogens (tertiary/aromatic N) is 2. The van der Waals surface area contributed by atoms with E-state index in [1.54, 1.807) is 6.20 Å². The molecule has 2 rings (SSSR count). The van der Waals surface area contributed by atoms with E-state index in [0.29, 0.717) is 12.8 Å². The lowest BCUT2D eigenvalue weighted by molar-refractivity contribution is -0.140. The Balaban J connectivity index is 2.14. The van der Waals surface area contributed by atoms with E-state index in [1.165, 1.54) is 18.4 Å². The van der Waals surface area contributed by atoms with Crippen molar-refractivity contribution >= 4 is 49.2 Å². The van der Waals surface area contributed by atoms with Crippen LogP contribution in [0.5, 0.6) is 0 Å². The number of hydrogen-bond acceptors (Lipinski definition) is 5. The van der Waals surface area contributed by atoms with E-state index in [9.17, 15) is 4.79 Å². The third-order valence-corrected chi connectivity index (χ3v) is 4.31. The second-order valence-corrected chi connectivity index (χ2v) is 6.33. The lowest BCUT2D eigenvalue weighted by Gasteiger charge is -2.00. The molecule has 0 radical (unpaired) electrons. The summed E-state index contributed by atoms with van der Waals surface area (Å²) in [4.78, 5) is 19.9. The highest BCUT2D eigenvalue weighted by Crippen LogP contribution is 2.30. The van der Waals surface area contributed by atoms with Crippen molar-refractivity contribution in [2.75, 3.05) is 7.11 Å². The molecular weight excluding hydrogens is 396 g/mol. The molecule has 0 atom stereocenters. The normalized spacial score (nSPS) is 10.5. The van der Waals surface area contributed by atoms with Gasteiger partial charge in [-0.2, -0.15) is 0 Å². The first-order valence-corrected chi connectivity index (χ1v) is 7.89. The van der Waals surface area contributed by atoms with Crippen LogP contribution in [0, 0.1) is 0 Å². The summed E-state index contributed by atoms with van der Waals surface area (Å²) in [5.74, 6) is -0.225. The minimum absolute atomic E-state index is 0.225. The van der Waals surface area contributed by atoms with Crippen LogP contribution in [-0.4, -0.2) is 23.0 Å². The van der Waals surface area contributed by atoms with Crippen LogP contribution in [0.2, 0.25) is 0 Å². The Morgan fingerprint density at radius 2 is 2.26 bits per heavy atom. The monoisotopic (exact) mass is 404 g/mol. The van der Waals surface area contributed by atoms with Crippen molar-refractivity contribution in [3.63, 3.8) is 0 Å². The van der Waals surface area contributed by atoms with E-state index >= 15 is 0 Å². The summed E-state index contributed by atoms with van der Waals surface area (Å²) in [6.45, 7) is 0. The van der Waals surface area contributed by atoms with Crippen LogP contribution in [0.25, 0.3) is 10.7 Å². The van der Waals surface area contributed by atoms with Gasteiger partial charge in [-0.25, -0.2) is 4.98 Å². The molecule has 0 unspecified atom stereocenters. The zero-order valence-electron chi connectivity index (χ0n) is 10.0. The molecule has 2 aromatic heterocycles. The zero-order valence-corrected chi connectivity index (χ0v) is 14.0. The van der Waals surface area contributed by atoms with Gasteiger partial charge in [0, 0.05) is 26.9 Å². The number of methoxy groups -OCH3 is 1. The summed E-state index contributed by atoms with van der Waals surface area (Å²) in [5, 5.41) is 2.77. The molecule has 0 aliphatic carbocycles. The molecular formula is C12H10Br2N2O2S. The first-order chi connectivity index (χ1) is 9.10. The molecule has 2 heterocycles. The number of rotatable bonds is 4. The predicted molar refractivity (Wildman–Crippen MR) is 81.1 cm³/mol. The number of thiazole rings is 1. The van der Waals surface area contributed by atoms with Crippen molar-refractivity contribution in [1.29, 1.82) is 0 Å². The summed E-state index contributed by atoms with van der Waals surface area (Å²) in [6.07, 6.45) is 2.65. The molecule has 0 amide bonds. The highest BCUT2D eigenvalue weighted by molar-refractivity contribution is 9.11. The van der Waals surface area contributed by atoms with Gasteiger partial charge in [0.1, 0.15) is 10.7 Å². The summed E-state index contributed by atoms with van der Waals surface area (Å²) in [5.41, 5.74) is 1.68. The Labute approximate surface area is 131 Å². The minimum atomic E-state index is -0.225. The number of halogens is 2. The molecule has 2 aromatic rings. The minimum Gasteiger partial charge on any atom is -0.469 e. The molecule has 7 heteroatoms. The quantitative estimate of drug-likeness (QED) is 0.725. The topological polar surface area (TPSA) is 52.1 Å². The highest BCUT2D eigenvalue weighted by atomic mass is 79.9. The number of aromatic nitrogens is 2. The fourth-order valence-electron chi connectivity index (χ4n) is 1.43. The lowest BCUT2D eigenvalue weighted by atomic mass is 10.2. The van der Waals surface area contributed by atoms with Gasteiger partial charge < -0.3 is 4.74 Å². The van der Waals surface area contributed by atoms with Gasteiger partial charge in [-0.15, -0.1) is 11.3 Å². The van der Waals surface area contributed by atoms with Crippen LogP contribution in [0.15, 0.2) is 26.6 Å². The zero-order chi connectivity index (χ0) is 13.8. The Kier molecular flexibility index (Phi) is 5.06. The maximum Gasteiger partial charge on any atom is 0.305 e. The largest absolute Gasteiger partial charge is 0.469 e. The molecule has 0 bridgehead atoms. The number of aryl methyl sites for hydroxylation is 1. The molecule has 19 heavy (non-hydrogen) atoms. The smallest absolute Gasteiger partial charge is 0.305 e. The lowest BCUT2D eigenvalue weighted by Crippen LogP contribution is -2.01. The Hall–Kier alpha value is -0.790. The van der Waals surface area contributed by atoms with E-state index < -0.39 is 0 Å². The summed E-state index contributed by atoms with van der Waals surface area (Å²) >= 11 is 8.34.